The summed E-state index contributed by atoms with van der Waals surface area (Å²) in [5, 5.41) is 5.33. The number of benzene rings is 1. The molecule has 0 bridgehead atoms. The Kier molecular flexibility index (Phi) is 8.59. The zero-order valence-electron chi connectivity index (χ0n) is 11.8. The third-order valence-electron chi connectivity index (χ3n) is 2.82. The summed E-state index contributed by atoms with van der Waals surface area (Å²) in [6.07, 6.45) is 1.55. The maximum Gasteiger partial charge on any atom is 0.251 e. The van der Waals surface area contributed by atoms with Crippen LogP contribution in [0.4, 0.5) is 0 Å². The molecule has 6 heteroatoms. The lowest BCUT2D eigenvalue weighted by Crippen LogP contribution is -2.40. The lowest BCUT2D eigenvalue weighted by atomic mass is 10.1. The molecule has 0 spiro atoms. The molecule has 0 fully saturated rings. The number of carbonyl (C=O) groups excluding carboxylic acids is 2. The number of hydrogen-bond donors (Lipinski definition) is 3. The van der Waals surface area contributed by atoms with Crippen molar-refractivity contribution >= 4 is 24.2 Å². The molecule has 5 nitrogen and oxygen atoms in total. The highest BCUT2D eigenvalue weighted by atomic mass is 35.5. The average Bonchev–Trinajstić information content (AvgIpc) is 2.44. The van der Waals surface area contributed by atoms with Crippen LogP contribution in [0.5, 0.6) is 0 Å². The van der Waals surface area contributed by atoms with Crippen molar-refractivity contribution in [3.05, 3.63) is 35.4 Å². The number of amides is 2. The number of nitrogens with two attached hydrogens (primary N) is 1. The number of nitrogens with one attached hydrogen (secondary N) is 2. The molecule has 0 saturated heterocycles. The first-order valence-corrected chi connectivity index (χ1v) is 6.42. The molecule has 1 aromatic carbocycles. The molecule has 2 amide bonds. The average molecular weight is 300 g/mol. The monoisotopic (exact) mass is 299 g/mol. The third-order valence-corrected chi connectivity index (χ3v) is 2.82. The van der Waals surface area contributed by atoms with Crippen LogP contribution in [-0.2, 0) is 11.3 Å². The summed E-state index contributed by atoms with van der Waals surface area (Å²) in [7, 11) is 1.58. The topological polar surface area (TPSA) is 84.2 Å². The minimum Gasteiger partial charge on any atom is -0.355 e. The van der Waals surface area contributed by atoms with Crippen LogP contribution < -0.4 is 16.4 Å². The Morgan fingerprint density at radius 3 is 2.65 bits per heavy atom. The lowest BCUT2D eigenvalue weighted by Gasteiger charge is -2.11. The highest BCUT2D eigenvalue weighted by Crippen LogP contribution is 2.05. The first kappa shape index (κ1) is 18.4. The van der Waals surface area contributed by atoms with E-state index >= 15 is 0 Å². The molecule has 1 unspecified atom stereocenters. The number of halogens is 1. The van der Waals surface area contributed by atoms with Gasteiger partial charge in [-0.1, -0.05) is 25.5 Å². The van der Waals surface area contributed by atoms with E-state index in [4.69, 9.17) is 5.73 Å². The molecule has 0 aliphatic carbocycles. The molecule has 1 aromatic rings. The van der Waals surface area contributed by atoms with Gasteiger partial charge in [0.15, 0.2) is 0 Å². The van der Waals surface area contributed by atoms with Crippen LogP contribution in [0.3, 0.4) is 0 Å². The second-order valence-corrected chi connectivity index (χ2v) is 4.39. The molecule has 1 atom stereocenters. The Balaban J connectivity index is 0.00000361. The third kappa shape index (κ3) is 5.59. The van der Waals surface area contributed by atoms with Crippen molar-refractivity contribution in [3.63, 3.8) is 0 Å². The van der Waals surface area contributed by atoms with Gasteiger partial charge in [0, 0.05) is 19.2 Å². The van der Waals surface area contributed by atoms with Crippen molar-refractivity contribution in [2.24, 2.45) is 5.73 Å². The van der Waals surface area contributed by atoms with E-state index in [1.807, 2.05) is 13.0 Å². The molecule has 0 aromatic heterocycles. The van der Waals surface area contributed by atoms with Gasteiger partial charge in [0.1, 0.15) is 0 Å². The van der Waals surface area contributed by atoms with Crippen molar-refractivity contribution in [2.45, 2.75) is 32.4 Å². The van der Waals surface area contributed by atoms with Gasteiger partial charge in [-0.25, -0.2) is 0 Å². The fraction of sp³-hybridized carbons (Fsp3) is 0.429. The van der Waals surface area contributed by atoms with E-state index in [9.17, 15) is 9.59 Å². The quantitative estimate of drug-likeness (QED) is 0.738. The van der Waals surface area contributed by atoms with Crippen molar-refractivity contribution in [1.82, 2.24) is 10.6 Å². The number of hydrogen-bond acceptors (Lipinski definition) is 3. The molecule has 0 radical (unpaired) electrons. The summed E-state index contributed by atoms with van der Waals surface area (Å²) < 4.78 is 0. The zero-order valence-corrected chi connectivity index (χ0v) is 12.6. The molecular weight excluding hydrogens is 278 g/mol. The second kappa shape index (κ2) is 9.34. The summed E-state index contributed by atoms with van der Waals surface area (Å²) in [6.45, 7) is 2.36. The van der Waals surface area contributed by atoms with Crippen LogP contribution in [0.15, 0.2) is 24.3 Å². The maximum atomic E-state index is 11.7. The predicted octanol–water partition coefficient (Wildman–Crippen LogP) is 1.21. The molecule has 0 aliphatic rings. The molecule has 1 rings (SSSR count). The molecule has 0 heterocycles. The lowest BCUT2D eigenvalue weighted by molar-refractivity contribution is -0.122. The van der Waals surface area contributed by atoms with Crippen LogP contribution in [-0.4, -0.2) is 24.9 Å². The Hall–Kier alpha value is -1.59. The van der Waals surface area contributed by atoms with Gasteiger partial charge in [0.2, 0.25) is 5.91 Å². The van der Waals surface area contributed by atoms with Gasteiger partial charge in [0.05, 0.1) is 6.04 Å². The summed E-state index contributed by atoms with van der Waals surface area (Å²) in [5.74, 6) is -0.303. The summed E-state index contributed by atoms with van der Waals surface area (Å²) in [6, 6.07) is 6.67. The summed E-state index contributed by atoms with van der Waals surface area (Å²) in [5.41, 5.74) is 7.16. The molecular formula is C14H22ClN3O2. The normalized spacial score (nSPS) is 11.2. The SMILES string of the molecule is CCCC(N)C(=O)NCc1cccc(C(=O)NC)c1.Cl. The van der Waals surface area contributed by atoms with E-state index in [0.717, 1.165) is 12.0 Å². The van der Waals surface area contributed by atoms with Crippen LogP contribution in [0.25, 0.3) is 0 Å². The Morgan fingerprint density at radius 2 is 2.05 bits per heavy atom. The van der Waals surface area contributed by atoms with E-state index in [-0.39, 0.29) is 24.2 Å². The van der Waals surface area contributed by atoms with Gasteiger partial charge in [-0.05, 0) is 24.1 Å². The highest BCUT2D eigenvalue weighted by molar-refractivity contribution is 5.94. The van der Waals surface area contributed by atoms with Gasteiger partial charge in [-0.2, -0.15) is 0 Å². The molecule has 0 aliphatic heterocycles. The first-order valence-electron chi connectivity index (χ1n) is 6.42. The van der Waals surface area contributed by atoms with Crippen molar-refractivity contribution in [3.8, 4) is 0 Å². The largest absolute Gasteiger partial charge is 0.355 e. The standard InChI is InChI=1S/C14H21N3O2.ClH/c1-3-5-12(15)14(19)17-9-10-6-4-7-11(8-10)13(18)16-2;/h4,6-8,12H,3,5,9,15H2,1-2H3,(H,16,18)(H,17,19);1H. The summed E-state index contributed by atoms with van der Waals surface area (Å²) >= 11 is 0. The van der Waals surface area contributed by atoms with Gasteiger partial charge < -0.3 is 16.4 Å². The second-order valence-electron chi connectivity index (χ2n) is 4.39. The first-order chi connectivity index (χ1) is 9.08. The van der Waals surface area contributed by atoms with Gasteiger partial charge in [0.25, 0.3) is 5.91 Å². The number of carbonyl (C=O) groups is 2. The summed E-state index contributed by atoms with van der Waals surface area (Å²) in [4.78, 5) is 23.1. The smallest absolute Gasteiger partial charge is 0.251 e. The molecule has 20 heavy (non-hydrogen) atoms. The van der Waals surface area contributed by atoms with Crippen LogP contribution in [0, 0.1) is 0 Å². The Labute approximate surface area is 125 Å². The van der Waals surface area contributed by atoms with Crippen molar-refractivity contribution < 1.29 is 9.59 Å². The van der Waals surface area contributed by atoms with E-state index in [1.54, 1.807) is 25.2 Å². The van der Waals surface area contributed by atoms with Crippen LogP contribution in [0.1, 0.15) is 35.7 Å². The maximum absolute atomic E-state index is 11.7. The zero-order chi connectivity index (χ0) is 14.3. The number of rotatable bonds is 6. The van der Waals surface area contributed by atoms with Gasteiger partial charge in [-0.3, -0.25) is 9.59 Å². The minimum absolute atomic E-state index is 0. The van der Waals surface area contributed by atoms with E-state index < -0.39 is 6.04 Å². The fourth-order valence-corrected chi connectivity index (χ4v) is 1.73. The molecule has 0 saturated carbocycles. The fourth-order valence-electron chi connectivity index (χ4n) is 1.73. The highest BCUT2D eigenvalue weighted by Gasteiger charge is 2.11. The predicted molar refractivity (Wildman–Crippen MR) is 81.8 cm³/mol. The van der Waals surface area contributed by atoms with Crippen molar-refractivity contribution in [2.75, 3.05) is 7.05 Å². The van der Waals surface area contributed by atoms with Crippen LogP contribution in [0.2, 0.25) is 0 Å². The molecule has 4 N–H and O–H groups in total. The van der Waals surface area contributed by atoms with Crippen LogP contribution >= 0.6 is 12.4 Å². The minimum atomic E-state index is -0.466. The van der Waals surface area contributed by atoms with Gasteiger partial charge in [-0.15, -0.1) is 12.4 Å². The van der Waals surface area contributed by atoms with E-state index in [0.29, 0.717) is 18.5 Å². The van der Waals surface area contributed by atoms with Crippen molar-refractivity contribution in [1.29, 1.82) is 0 Å². The Bertz CT molecular complexity index is 452. The Morgan fingerprint density at radius 1 is 1.35 bits per heavy atom. The van der Waals surface area contributed by atoms with Gasteiger partial charge >= 0.3 is 0 Å². The molecule has 112 valence electrons. The van der Waals surface area contributed by atoms with E-state index in [1.165, 1.54) is 0 Å². The van der Waals surface area contributed by atoms with E-state index in [2.05, 4.69) is 10.6 Å².